The van der Waals surface area contributed by atoms with Gasteiger partial charge in [0.05, 0.1) is 10.5 Å². The molecule has 4 aromatic carbocycles. The van der Waals surface area contributed by atoms with E-state index in [1.165, 1.54) is 43.5 Å². The second-order valence-electron chi connectivity index (χ2n) is 11.0. The van der Waals surface area contributed by atoms with Crippen LogP contribution < -0.4 is 20.9 Å². The number of amides is 2. The van der Waals surface area contributed by atoms with Gasteiger partial charge in [-0.25, -0.2) is 17.2 Å². The Balaban J connectivity index is 0.000000355. The van der Waals surface area contributed by atoms with Crippen LogP contribution in [0, 0.1) is 11.6 Å². The van der Waals surface area contributed by atoms with Gasteiger partial charge in [-0.1, -0.05) is 41.0 Å². The molecule has 0 spiro atoms. The number of nitrogens with one attached hydrogen (secondary N) is 2. The average Bonchev–Trinajstić information content (AvgIpc) is 3.10. The Morgan fingerprint density at radius 3 is 2.27 bits per heavy atom. The van der Waals surface area contributed by atoms with Crippen molar-refractivity contribution in [2.45, 2.75) is 41.5 Å². The lowest BCUT2D eigenvalue weighted by atomic mass is 9.98. The van der Waals surface area contributed by atoms with Gasteiger partial charge < -0.3 is 38.8 Å². The Morgan fingerprint density at radius 1 is 1.11 bits per heavy atom. The third-order valence-electron chi connectivity index (χ3n) is 7.67. The van der Waals surface area contributed by atoms with Crippen molar-refractivity contribution >= 4 is 68.0 Å². The molecular formula is C33H30ClF4N4O11S2-. The number of likely N-dealkylation sites (tertiary alicyclic amines) is 1. The Morgan fingerprint density at radius 2 is 1.73 bits per heavy atom. The minimum absolute atomic E-state index is 0.00481. The van der Waals surface area contributed by atoms with E-state index in [1.807, 2.05) is 6.79 Å². The van der Waals surface area contributed by atoms with Crippen molar-refractivity contribution in [3.05, 3.63) is 100 Å². The molecule has 1 aliphatic rings. The van der Waals surface area contributed by atoms with Crippen LogP contribution >= 0.6 is 11.6 Å². The highest BCUT2D eigenvalue weighted by atomic mass is 35.5. The molecule has 0 saturated carbocycles. The number of hydrogen-bond donors (Lipinski definition) is 4. The maximum atomic E-state index is 14.4. The van der Waals surface area contributed by atoms with Crippen molar-refractivity contribution in [1.29, 1.82) is 0 Å². The molecule has 0 radical (unpaired) electrons. The third kappa shape index (κ3) is 11.2. The number of carbonyl (C=O) groups excluding carboxylic acids is 3. The number of amidine groups is 1. The highest BCUT2D eigenvalue weighted by Crippen LogP contribution is 2.30. The fourth-order valence-electron chi connectivity index (χ4n) is 5.14. The molecule has 1 heterocycles. The van der Waals surface area contributed by atoms with Crippen molar-refractivity contribution in [2.24, 2.45) is 5.73 Å². The quantitative estimate of drug-likeness (QED) is 0.0418. The molecule has 1 aliphatic heterocycles. The first-order valence-corrected chi connectivity index (χ1v) is 18.1. The summed E-state index contributed by atoms with van der Waals surface area (Å²) in [5, 5.41) is 15.3. The van der Waals surface area contributed by atoms with Gasteiger partial charge in [0.2, 0.25) is 5.91 Å². The van der Waals surface area contributed by atoms with Gasteiger partial charge in [0.25, 0.3) is 5.91 Å². The first-order chi connectivity index (χ1) is 25.9. The second kappa shape index (κ2) is 19.4. The summed E-state index contributed by atoms with van der Waals surface area (Å²) in [5.74, 6) is -4.00. The van der Waals surface area contributed by atoms with Crippen LogP contribution in [0.15, 0.2) is 76.5 Å². The zero-order valence-electron chi connectivity index (χ0n) is 28.2. The lowest BCUT2D eigenvalue weighted by molar-refractivity contribution is -0.744. The molecule has 0 bridgehead atoms. The number of nitrogens with two attached hydrogens (primary N) is 1. The van der Waals surface area contributed by atoms with Crippen molar-refractivity contribution in [1.82, 2.24) is 10.2 Å². The number of halogens is 5. The van der Waals surface area contributed by atoms with Crippen molar-refractivity contribution in [3.8, 4) is 5.75 Å². The predicted molar refractivity (Wildman–Crippen MR) is 184 cm³/mol. The summed E-state index contributed by atoms with van der Waals surface area (Å²) in [6, 6.07) is 12.3. The van der Waals surface area contributed by atoms with E-state index in [4.69, 9.17) is 22.1 Å². The zero-order valence-corrected chi connectivity index (χ0v) is 30.6. The van der Waals surface area contributed by atoms with Crippen LogP contribution in [0.4, 0.5) is 17.6 Å². The van der Waals surface area contributed by atoms with E-state index in [2.05, 4.69) is 20.0 Å². The molecule has 55 heavy (non-hydrogen) atoms. The lowest BCUT2D eigenvalue weighted by Crippen LogP contribution is -2.73. The van der Waals surface area contributed by atoms with Crippen LogP contribution in [0.5, 0.6) is 5.75 Å². The van der Waals surface area contributed by atoms with Gasteiger partial charge in [-0.3, -0.25) is 19.5 Å². The summed E-state index contributed by atoms with van der Waals surface area (Å²) in [7, 11) is -3.35. The standard InChI is InChI=1S/C22H21ClF4N4O5.C10H8O5S2.CH2O/c1-35-30-19(28)11-6-15(24)14(16(25)7-11)9-29-20(33)17-2-3-31(17)21(34)18(32)10-4-12(23)8-13(5-10)36-22(26)27;11-16(12)9-5-1-4-8-7(9)3-2-6-10(8)17(13,14)15;1-2/h4-8,17-18,22,32H,2-3,9H2,1H3,(H2,28,30)(H,29,33);1-6H,(H,11,12)(H,13,14,15);1H2/p-1. The molecule has 3 unspecified atom stereocenters. The number of carbonyl (C=O) groups is 3. The summed E-state index contributed by atoms with van der Waals surface area (Å²) in [4.78, 5) is 38.5. The Labute approximate surface area is 317 Å². The minimum Gasteiger partial charge on any atom is -0.768 e. The van der Waals surface area contributed by atoms with E-state index in [0.717, 1.165) is 35.2 Å². The number of benzene rings is 4. The number of aliphatic hydroxyl groups is 1. The molecule has 1 fully saturated rings. The van der Waals surface area contributed by atoms with Crippen LogP contribution in [0.25, 0.3) is 10.8 Å². The molecule has 296 valence electrons. The van der Waals surface area contributed by atoms with E-state index in [-0.39, 0.29) is 56.4 Å². The number of ether oxygens (including phenoxy) is 1. The van der Waals surface area contributed by atoms with Gasteiger partial charge in [0.1, 0.15) is 47.4 Å². The summed E-state index contributed by atoms with van der Waals surface area (Å²) >= 11 is 3.37. The molecule has 0 aromatic heterocycles. The fraction of sp³-hybridized carbons (Fsp3) is 0.212. The Bertz CT molecular complexity index is 2190. The van der Waals surface area contributed by atoms with E-state index < -0.39 is 80.4 Å². The molecule has 5 N–H and O–H groups in total. The van der Waals surface area contributed by atoms with Crippen LogP contribution in [0.3, 0.4) is 0 Å². The van der Waals surface area contributed by atoms with Gasteiger partial charge in [0.15, 0.2) is 6.10 Å². The molecule has 15 nitrogen and oxygen atoms in total. The van der Waals surface area contributed by atoms with Crippen LogP contribution in [-0.4, -0.2) is 82.5 Å². The molecule has 0 aliphatic carbocycles. The largest absolute Gasteiger partial charge is 0.768 e. The van der Waals surface area contributed by atoms with Crippen molar-refractivity contribution in [3.63, 3.8) is 0 Å². The number of nitrogen functional groups attached to an aromatic ring is 1. The fourth-order valence-corrected chi connectivity index (χ4v) is 6.62. The van der Waals surface area contributed by atoms with Gasteiger partial charge in [-0.05, 0) is 70.9 Å². The number of aliphatic hydroxyl groups excluding tert-OH is 1. The third-order valence-corrected chi connectivity index (χ3v) is 9.50. The van der Waals surface area contributed by atoms with Gasteiger partial charge in [-0.2, -0.15) is 8.78 Å². The average molecular weight is 834 g/mol. The summed E-state index contributed by atoms with van der Waals surface area (Å²) in [6.45, 7) is -1.54. The van der Waals surface area contributed by atoms with Gasteiger partial charge in [-0.15, -0.1) is 0 Å². The summed E-state index contributed by atoms with van der Waals surface area (Å²) < 4.78 is 113. The maximum Gasteiger partial charge on any atom is 0.387 e. The predicted octanol–water partition coefficient (Wildman–Crippen LogP) is 1.31. The number of hydrogen-bond acceptors (Lipinski definition) is 11. The van der Waals surface area contributed by atoms with Crippen molar-refractivity contribution < 1.29 is 73.5 Å². The molecule has 5 rings (SSSR count). The molecule has 4 aromatic rings. The number of alkyl halides is 2. The van der Waals surface area contributed by atoms with E-state index in [9.17, 15) is 54.0 Å². The zero-order chi connectivity index (χ0) is 41.2. The van der Waals surface area contributed by atoms with Crippen LogP contribution in [0.2, 0.25) is 5.02 Å². The summed E-state index contributed by atoms with van der Waals surface area (Å²) in [5.41, 5.74) is 5.05. The second-order valence-corrected chi connectivity index (χ2v) is 13.7. The normalized spacial score (nSPS) is 15.1. The first-order valence-electron chi connectivity index (χ1n) is 15.2. The molecule has 1 saturated heterocycles. The number of fused-ring (bicyclic) bond motifs is 1. The topological polar surface area (TPSA) is 242 Å². The van der Waals surface area contributed by atoms with E-state index >= 15 is 0 Å². The molecular weight excluding hydrogens is 804 g/mol. The molecule has 3 atom stereocenters. The molecule has 2 amide bonds. The lowest BCUT2D eigenvalue weighted by Gasteiger charge is -2.40. The van der Waals surface area contributed by atoms with Crippen LogP contribution in [-0.2, 0) is 47.0 Å². The number of rotatable bonds is 11. The highest BCUT2D eigenvalue weighted by Gasteiger charge is 2.40. The Hall–Kier alpha value is -5.19. The summed E-state index contributed by atoms with van der Waals surface area (Å²) in [6.07, 6.45) is -1.58. The highest BCUT2D eigenvalue weighted by molar-refractivity contribution is 7.86. The minimum atomic E-state index is -4.62. The van der Waals surface area contributed by atoms with Gasteiger partial charge >= 0.3 is 12.4 Å². The van der Waals surface area contributed by atoms with E-state index in [0.29, 0.717) is 0 Å². The van der Waals surface area contributed by atoms with Crippen LogP contribution in [0.1, 0.15) is 29.2 Å². The van der Waals surface area contributed by atoms with Crippen molar-refractivity contribution in [2.75, 3.05) is 13.7 Å². The smallest absolute Gasteiger partial charge is 0.387 e. The SMILES string of the molecule is C=O.CO/[NH+]=C(\N)c1cc(F)c(CNC(=O)C2CCN2C(=O)C(O)c2cc(Cl)cc(OC(F)F)c2)c(F)c1.O=S([O-])c1cccc2c(S(=O)(=O)[O-])cccc12. The van der Waals surface area contributed by atoms with E-state index in [1.54, 1.807) is 0 Å². The maximum absolute atomic E-state index is 14.4. The molecule has 22 heteroatoms. The Kier molecular flexibility index (Phi) is 15.6. The first kappa shape index (κ1) is 44.2. The monoisotopic (exact) mass is 833 g/mol. The number of nitrogens with zero attached hydrogens (tertiary/aromatic N) is 1. The van der Waals surface area contributed by atoms with Gasteiger partial charge in [0, 0.05) is 34.0 Å².